The van der Waals surface area contributed by atoms with Gasteiger partial charge in [-0.05, 0) is 12.5 Å². The molecule has 0 aliphatic carbocycles. The second-order valence-corrected chi connectivity index (χ2v) is 7.05. The lowest BCUT2D eigenvalue weighted by Gasteiger charge is -2.12. The number of sulfone groups is 1. The van der Waals surface area contributed by atoms with E-state index in [-0.39, 0.29) is 11.5 Å². The lowest BCUT2D eigenvalue weighted by molar-refractivity contribution is 0.595. The van der Waals surface area contributed by atoms with Gasteiger partial charge >= 0.3 is 0 Å². The van der Waals surface area contributed by atoms with Crippen molar-refractivity contribution in [2.75, 3.05) is 25.1 Å². The number of hydrogen-bond donors (Lipinski definition) is 2. The number of nitrogens with zero attached hydrogens (tertiary/aromatic N) is 1. The highest BCUT2D eigenvalue weighted by molar-refractivity contribution is 7.91. The quantitative estimate of drug-likeness (QED) is 0.609. The Bertz CT molecular complexity index is 536. The number of nitrogens with one attached hydrogen (secondary N) is 2. The van der Waals surface area contributed by atoms with Gasteiger partial charge in [-0.25, -0.2) is 8.42 Å². The second kappa shape index (κ2) is 7.89. The Morgan fingerprint density at radius 3 is 2.40 bits per heavy atom. The Morgan fingerprint density at radius 1 is 1.20 bits per heavy atom. The van der Waals surface area contributed by atoms with Crippen LogP contribution in [0.15, 0.2) is 29.3 Å². The van der Waals surface area contributed by atoms with E-state index < -0.39 is 9.84 Å². The summed E-state index contributed by atoms with van der Waals surface area (Å²) in [6.45, 7) is 4.72. The minimum atomic E-state index is -2.94. The van der Waals surface area contributed by atoms with Crippen molar-refractivity contribution in [3.8, 4) is 0 Å². The molecule has 1 aromatic rings. The van der Waals surface area contributed by atoms with Crippen molar-refractivity contribution in [2.45, 2.75) is 20.4 Å². The maximum Gasteiger partial charge on any atom is 0.191 e. The lowest BCUT2D eigenvalue weighted by atomic mass is 10.1. The molecule has 0 unspecified atom stereocenters. The van der Waals surface area contributed by atoms with Gasteiger partial charge in [0.25, 0.3) is 0 Å². The Hall–Kier alpha value is -1.56. The number of benzene rings is 1. The van der Waals surface area contributed by atoms with Gasteiger partial charge in [0.05, 0.1) is 5.75 Å². The number of hydrogen-bond acceptors (Lipinski definition) is 3. The second-order valence-electron chi connectivity index (χ2n) is 4.57. The lowest BCUT2D eigenvalue weighted by Crippen LogP contribution is -2.39. The summed E-state index contributed by atoms with van der Waals surface area (Å²) in [6.07, 6.45) is 0. The van der Waals surface area contributed by atoms with Crippen molar-refractivity contribution in [3.05, 3.63) is 35.4 Å². The van der Waals surface area contributed by atoms with Crippen LogP contribution >= 0.6 is 0 Å². The fourth-order valence-electron chi connectivity index (χ4n) is 1.58. The van der Waals surface area contributed by atoms with E-state index in [4.69, 9.17) is 0 Å². The Balaban J connectivity index is 2.39. The largest absolute Gasteiger partial charge is 0.355 e. The molecule has 0 atom stereocenters. The summed E-state index contributed by atoms with van der Waals surface area (Å²) < 4.78 is 22.8. The van der Waals surface area contributed by atoms with Crippen LogP contribution in [0.1, 0.15) is 18.1 Å². The number of guanidine groups is 1. The summed E-state index contributed by atoms with van der Waals surface area (Å²) in [7, 11) is -1.28. The topological polar surface area (TPSA) is 70.6 Å². The van der Waals surface area contributed by atoms with Crippen LogP contribution < -0.4 is 10.6 Å². The third-order valence-electron chi connectivity index (χ3n) is 2.95. The highest BCUT2D eigenvalue weighted by atomic mass is 32.2. The van der Waals surface area contributed by atoms with Gasteiger partial charge in [0.15, 0.2) is 15.8 Å². The zero-order valence-electron chi connectivity index (χ0n) is 12.3. The predicted molar refractivity (Wildman–Crippen MR) is 83.7 cm³/mol. The summed E-state index contributed by atoms with van der Waals surface area (Å²) in [6, 6.07) is 8.22. The van der Waals surface area contributed by atoms with Gasteiger partial charge in [0, 0.05) is 25.9 Å². The van der Waals surface area contributed by atoms with E-state index in [1.807, 2.05) is 6.92 Å². The smallest absolute Gasteiger partial charge is 0.191 e. The molecule has 2 N–H and O–H groups in total. The summed E-state index contributed by atoms with van der Waals surface area (Å²) in [5, 5.41) is 6.15. The van der Waals surface area contributed by atoms with Crippen LogP contribution in [0.3, 0.4) is 0 Å². The minimum absolute atomic E-state index is 0.120. The summed E-state index contributed by atoms with van der Waals surface area (Å²) in [5.41, 5.74) is 2.38. The van der Waals surface area contributed by atoms with E-state index >= 15 is 0 Å². The summed E-state index contributed by atoms with van der Waals surface area (Å²) in [4.78, 5) is 4.07. The Morgan fingerprint density at radius 2 is 1.85 bits per heavy atom. The maximum absolute atomic E-state index is 11.4. The van der Waals surface area contributed by atoms with Crippen molar-refractivity contribution in [1.82, 2.24) is 10.6 Å². The van der Waals surface area contributed by atoms with Crippen LogP contribution in [0.25, 0.3) is 0 Å². The van der Waals surface area contributed by atoms with Gasteiger partial charge in [-0.2, -0.15) is 0 Å². The average molecular weight is 297 g/mol. The number of rotatable bonds is 6. The van der Waals surface area contributed by atoms with Crippen LogP contribution in [0.2, 0.25) is 0 Å². The average Bonchev–Trinajstić information content (AvgIpc) is 2.44. The molecule has 0 aliphatic rings. The molecule has 0 fully saturated rings. The van der Waals surface area contributed by atoms with E-state index in [9.17, 15) is 8.42 Å². The first-order valence-electron chi connectivity index (χ1n) is 6.67. The zero-order chi connectivity index (χ0) is 15.0. The summed E-state index contributed by atoms with van der Waals surface area (Å²) >= 11 is 0. The van der Waals surface area contributed by atoms with Crippen LogP contribution in [0.5, 0.6) is 0 Å². The van der Waals surface area contributed by atoms with Gasteiger partial charge < -0.3 is 10.6 Å². The molecule has 0 bridgehead atoms. The molecule has 5 nitrogen and oxygen atoms in total. The van der Waals surface area contributed by atoms with Gasteiger partial charge in [-0.3, -0.25) is 4.99 Å². The molecule has 0 aliphatic heterocycles. The third kappa shape index (κ3) is 6.06. The monoisotopic (exact) mass is 297 g/mol. The van der Waals surface area contributed by atoms with Crippen molar-refractivity contribution >= 4 is 15.8 Å². The van der Waals surface area contributed by atoms with E-state index in [0.717, 1.165) is 5.56 Å². The number of aryl methyl sites for hydroxylation is 1. The fourth-order valence-corrected chi connectivity index (χ4v) is 2.28. The molecule has 0 amide bonds. The van der Waals surface area contributed by atoms with Crippen molar-refractivity contribution < 1.29 is 8.42 Å². The Kier molecular flexibility index (Phi) is 6.51. The van der Waals surface area contributed by atoms with E-state index in [1.165, 1.54) is 5.56 Å². The molecule has 0 saturated carbocycles. The zero-order valence-corrected chi connectivity index (χ0v) is 13.1. The van der Waals surface area contributed by atoms with Crippen molar-refractivity contribution in [3.63, 3.8) is 0 Å². The van der Waals surface area contributed by atoms with E-state index in [2.05, 4.69) is 39.9 Å². The molecular formula is C14H23N3O2S. The molecule has 0 saturated heterocycles. The highest BCUT2D eigenvalue weighted by Crippen LogP contribution is 2.02. The molecule has 0 radical (unpaired) electrons. The van der Waals surface area contributed by atoms with E-state index in [0.29, 0.717) is 19.0 Å². The van der Waals surface area contributed by atoms with E-state index in [1.54, 1.807) is 14.0 Å². The maximum atomic E-state index is 11.4. The van der Waals surface area contributed by atoms with Crippen molar-refractivity contribution in [2.24, 2.45) is 4.99 Å². The molecular weight excluding hydrogens is 274 g/mol. The SMILES string of the molecule is CCS(=O)(=O)CCNC(=NC)NCc1ccc(C)cc1. The molecule has 112 valence electrons. The first-order chi connectivity index (χ1) is 9.46. The van der Waals surface area contributed by atoms with Gasteiger partial charge in [0.1, 0.15) is 0 Å². The normalized spacial score (nSPS) is 12.2. The minimum Gasteiger partial charge on any atom is -0.355 e. The molecule has 0 spiro atoms. The molecule has 1 aromatic carbocycles. The highest BCUT2D eigenvalue weighted by Gasteiger charge is 2.07. The first kappa shape index (κ1) is 16.5. The fraction of sp³-hybridized carbons (Fsp3) is 0.500. The molecule has 1 rings (SSSR count). The first-order valence-corrected chi connectivity index (χ1v) is 8.49. The molecule has 20 heavy (non-hydrogen) atoms. The number of aliphatic imine (C=N–C) groups is 1. The van der Waals surface area contributed by atoms with Crippen molar-refractivity contribution in [1.29, 1.82) is 0 Å². The van der Waals surface area contributed by atoms with Gasteiger partial charge in [-0.1, -0.05) is 36.8 Å². The summed E-state index contributed by atoms with van der Waals surface area (Å²) in [5.74, 6) is 0.899. The molecule has 0 heterocycles. The van der Waals surface area contributed by atoms with Crippen LogP contribution in [0, 0.1) is 6.92 Å². The third-order valence-corrected chi connectivity index (χ3v) is 4.66. The Labute approximate surface area is 121 Å². The van der Waals surface area contributed by atoms with Crippen LogP contribution in [-0.4, -0.2) is 39.5 Å². The van der Waals surface area contributed by atoms with Gasteiger partial charge in [-0.15, -0.1) is 0 Å². The standard InChI is InChI=1S/C14H23N3O2S/c1-4-20(18,19)10-9-16-14(15-3)17-11-13-7-5-12(2)6-8-13/h5-8H,4,9-11H2,1-3H3,(H2,15,16,17). The van der Waals surface area contributed by atoms with Gasteiger partial charge in [0.2, 0.25) is 0 Å². The molecule has 0 aromatic heterocycles. The van der Waals surface area contributed by atoms with Crippen LogP contribution in [-0.2, 0) is 16.4 Å². The predicted octanol–water partition coefficient (Wildman–Crippen LogP) is 1.09. The van der Waals surface area contributed by atoms with Crippen LogP contribution in [0.4, 0.5) is 0 Å². The molecule has 6 heteroatoms.